The average Bonchev–Trinajstić information content (AvgIpc) is 2.98. The minimum atomic E-state index is 0.00528. The van der Waals surface area contributed by atoms with E-state index in [1.54, 1.807) is 0 Å². The number of ether oxygens (including phenoxy) is 1. The van der Waals surface area contributed by atoms with Crippen LogP contribution in [-0.4, -0.2) is 30.3 Å². The highest BCUT2D eigenvalue weighted by Gasteiger charge is 2.22. The number of carbonyl (C=O) groups is 1. The molecular weight excluding hydrogens is 306 g/mol. The first-order chi connectivity index (χ1) is 9.31. The van der Waals surface area contributed by atoms with Gasteiger partial charge in [-0.1, -0.05) is 15.9 Å². The molecule has 1 atom stereocenters. The van der Waals surface area contributed by atoms with Gasteiger partial charge in [-0.25, -0.2) is 0 Å². The van der Waals surface area contributed by atoms with Crippen LogP contribution in [-0.2, 0) is 0 Å². The lowest BCUT2D eigenvalue weighted by Gasteiger charge is -2.10. The number of hydrogen-bond acceptors (Lipinski definition) is 3. The Morgan fingerprint density at radius 2 is 2.11 bits per heavy atom. The molecule has 3 nitrogen and oxygen atoms in total. The van der Waals surface area contributed by atoms with Crippen molar-refractivity contribution >= 4 is 21.7 Å². The number of alkyl halides is 1. The second-order valence-corrected chi connectivity index (χ2v) is 5.58. The van der Waals surface area contributed by atoms with Crippen LogP contribution in [0.4, 0.5) is 0 Å². The van der Waals surface area contributed by atoms with Crippen LogP contribution in [0.3, 0.4) is 0 Å². The first-order valence-corrected chi connectivity index (χ1v) is 8.00. The van der Waals surface area contributed by atoms with Crippen molar-refractivity contribution in [1.82, 2.24) is 5.32 Å². The van der Waals surface area contributed by atoms with Gasteiger partial charge in [-0.3, -0.25) is 4.79 Å². The molecule has 0 aromatic heterocycles. The third kappa shape index (κ3) is 4.32. The quantitative estimate of drug-likeness (QED) is 0.475. The van der Waals surface area contributed by atoms with Gasteiger partial charge in [0.25, 0.3) is 0 Å². The van der Waals surface area contributed by atoms with Crippen molar-refractivity contribution in [3.05, 3.63) is 29.8 Å². The minimum absolute atomic E-state index is 0.00528. The van der Waals surface area contributed by atoms with E-state index in [1.807, 2.05) is 24.3 Å². The number of unbranched alkanes of at least 4 members (excludes halogenated alkanes) is 1. The van der Waals surface area contributed by atoms with Crippen molar-refractivity contribution in [3.8, 4) is 5.75 Å². The molecule has 0 saturated carbocycles. The largest absolute Gasteiger partial charge is 0.494 e. The fourth-order valence-corrected chi connectivity index (χ4v) is 2.61. The molecule has 0 aliphatic carbocycles. The van der Waals surface area contributed by atoms with Crippen LogP contribution in [0.1, 0.15) is 36.0 Å². The number of carbonyl (C=O) groups excluding carboxylic acids is 1. The summed E-state index contributed by atoms with van der Waals surface area (Å²) in [5.41, 5.74) is 0.771. The van der Waals surface area contributed by atoms with Gasteiger partial charge in [0.05, 0.1) is 12.6 Å². The molecule has 0 radical (unpaired) electrons. The van der Waals surface area contributed by atoms with Crippen molar-refractivity contribution in [2.75, 3.05) is 18.5 Å². The van der Waals surface area contributed by atoms with E-state index >= 15 is 0 Å². The Morgan fingerprint density at radius 3 is 2.74 bits per heavy atom. The van der Waals surface area contributed by atoms with Crippen LogP contribution in [0, 0.1) is 0 Å². The van der Waals surface area contributed by atoms with Gasteiger partial charge in [0.15, 0.2) is 5.78 Å². The summed E-state index contributed by atoms with van der Waals surface area (Å²) < 4.78 is 5.62. The second-order valence-electron chi connectivity index (χ2n) is 4.78. The fourth-order valence-electron chi connectivity index (χ4n) is 2.21. The van der Waals surface area contributed by atoms with E-state index in [2.05, 4.69) is 21.2 Å². The maximum atomic E-state index is 12.1. The molecule has 0 spiro atoms. The fraction of sp³-hybridized carbons (Fsp3) is 0.533. The zero-order valence-electron chi connectivity index (χ0n) is 11.0. The van der Waals surface area contributed by atoms with E-state index in [-0.39, 0.29) is 11.8 Å². The standard InChI is InChI=1S/C15H20BrNO2/c16-9-1-2-11-19-13-7-5-12(6-8-13)15(18)14-4-3-10-17-14/h5-8,14,17H,1-4,9-11H2. The van der Waals surface area contributed by atoms with Crippen LogP contribution in [0.2, 0.25) is 0 Å². The van der Waals surface area contributed by atoms with Crippen molar-refractivity contribution in [3.63, 3.8) is 0 Å². The maximum absolute atomic E-state index is 12.1. The van der Waals surface area contributed by atoms with Gasteiger partial charge in [-0.2, -0.15) is 0 Å². The summed E-state index contributed by atoms with van der Waals surface area (Å²) in [5.74, 6) is 1.04. The summed E-state index contributed by atoms with van der Waals surface area (Å²) in [6.07, 6.45) is 4.19. The Hall–Kier alpha value is -0.870. The summed E-state index contributed by atoms with van der Waals surface area (Å²) in [6.45, 7) is 1.67. The average molecular weight is 326 g/mol. The molecular formula is C15H20BrNO2. The van der Waals surface area contributed by atoms with Crippen LogP contribution >= 0.6 is 15.9 Å². The maximum Gasteiger partial charge on any atom is 0.179 e. The molecule has 1 saturated heterocycles. The van der Waals surface area contributed by atoms with Crippen molar-refractivity contribution < 1.29 is 9.53 Å². The Balaban J connectivity index is 1.85. The minimum Gasteiger partial charge on any atom is -0.494 e. The number of Topliss-reactive ketones (excluding diaryl/α,β-unsaturated/α-hetero) is 1. The third-order valence-electron chi connectivity index (χ3n) is 3.31. The highest BCUT2D eigenvalue weighted by Crippen LogP contribution is 2.16. The lowest BCUT2D eigenvalue weighted by Crippen LogP contribution is -2.30. The van der Waals surface area contributed by atoms with Crippen LogP contribution in [0.5, 0.6) is 5.75 Å². The molecule has 1 heterocycles. The zero-order chi connectivity index (χ0) is 13.5. The van der Waals surface area contributed by atoms with Crippen LogP contribution in [0.25, 0.3) is 0 Å². The predicted octanol–water partition coefficient (Wildman–Crippen LogP) is 3.18. The Kier molecular flexibility index (Phi) is 5.86. The van der Waals surface area contributed by atoms with E-state index in [4.69, 9.17) is 4.74 Å². The summed E-state index contributed by atoms with van der Waals surface area (Å²) in [6, 6.07) is 7.50. The number of benzene rings is 1. The van der Waals surface area contributed by atoms with E-state index < -0.39 is 0 Å². The number of hydrogen-bond donors (Lipinski definition) is 1. The van der Waals surface area contributed by atoms with E-state index in [1.165, 1.54) is 0 Å². The lowest BCUT2D eigenvalue weighted by atomic mass is 10.0. The Labute approximate surface area is 122 Å². The first-order valence-electron chi connectivity index (χ1n) is 6.87. The van der Waals surface area contributed by atoms with E-state index in [0.717, 1.165) is 55.5 Å². The molecule has 1 aromatic carbocycles. The van der Waals surface area contributed by atoms with Crippen molar-refractivity contribution in [1.29, 1.82) is 0 Å². The third-order valence-corrected chi connectivity index (χ3v) is 3.87. The Morgan fingerprint density at radius 1 is 1.32 bits per heavy atom. The summed E-state index contributed by atoms with van der Waals surface area (Å²) >= 11 is 3.39. The molecule has 1 aliphatic rings. The topological polar surface area (TPSA) is 38.3 Å². The molecule has 1 aliphatic heterocycles. The monoisotopic (exact) mass is 325 g/mol. The molecule has 104 valence electrons. The Bertz CT molecular complexity index is 399. The summed E-state index contributed by atoms with van der Waals surface area (Å²) in [4.78, 5) is 12.1. The van der Waals surface area contributed by atoms with E-state index in [9.17, 15) is 4.79 Å². The number of nitrogens with one attached hydrogen (secondary N) is 1. The molecule has 0 bridgehead atoms. The molecule has 1 aromatic rings. The summed E-state index contributed by atoms with van der Waals surface area (Å²) in [7, 11) is 0. The highest BCUT2D eigenvalue weighted by molar-refractivity contribution is 9.09. The second kappa shape index (κ2) is 7.65. The van der Waals surface area contributed by atoms with Gasteiger partial charge in [-0.15, -0.1) is 0 Å². The van der Waals surface area contributed by atoms with Gasteiger partial charge in [0, 0.05) is 10.9 Å². The van der Waals surface area contributed by atoms with Crippen LogP contribution in [0.15, 0.2) is 24.3 Å². The van der Waals surface area contributed by atoms with E-state index in [0.29, 0.717) is 0 Å². The lowest BCUT2D eigenvalue weighted by molar-refractivity contribution is 0.0952. The van der Waals surface area contributed by atoms with Gasteiger partial charge in [0.1, 0.15) is 5.75 Å². The van der Waals surface area contributed by atoms with Gasteiger partial charge in [0.2, 0.25) is 0 Å². The van der Waals surface area contributed by atoms with Gasteiger partial charge < -0.3 is 10.1 Å². The molecule has 2 rings (SSSR count). The molecule has 0 amide bonds. The molecule has 4 heteroatoms. The molecule has 1 fully saturated rings. The summed E-state index contributed by atoms with van der Waals surface area (Å²) in [5, 5.41) is 4.24. The van der Waals surface area contributed by atoms with Crippen LogP contribution < -0.4 is 10.1 Å². The number of rotatable bonds is 7. The first kappa shape index (κ1) is 14.5. The van der Waals surface area contributed by atoms with Gasteiger partial charge >= 0.3 is 0 Å². The van der Waals surface area contributed by atoms with Crippen molar-refractivity contribution in [2.45, 2.75) is 31.7 Å². The molecule has 1 N–H and O–H groups in total. The number of halogens is 1. The molecule has 19 heavy (non-hydrogen) atoms. The van der Waals surface area contributed by atoms with Gasteiger partial charge in [-0.05, 0) is 56.5 Å². The normalized spacial score (nSPS) is 18.5. The van der Waals surface area contributed by atoms with Crippen molar-refractivity contribution in [2.24, 2.45) is 0 Å². The smallest absolute Gasteiger partial charge is 0.179 e. The SMILES string of the molecule is O=C(c1ccc(OCCCCBr)cc1)C1CCCN1. The zero-order valence-corrected chi connectivity index (χ0v) is 12.6. The predicted molar refractivity (Wildman–Crippen MR) is 80.3 cm³/mol. The molecule has 1 unspecified atom stereocenters. The number of ketones is 1. The highest BCUT2D eigenvalue weighted by atomic mass is 79.9.